The van der Waals surface area contributed by atoms with Gasteiger partial charge in [0.15, 0.2) is 0 Å². The van der Waals surface area contributed by atoms with Crippen LogP contribution in [0.25, 0.3) is 0 Å². The van der Waals surface area contributed by atoms with E-state index in [9.17, 15) is 9.59 Å². The highest BCUT2D eigenvalue weighted by Crippen LogP contribution is 2.18. The molecule has 0 bridgehead atoms. The lowest BCUT2D eigenvalue weighted by atomic mass is 10.2. The Labute approximate surface area is 159 Å². The molecule has 0 aliphatic carbocycles. The molecule has 0 spiro atoms. The van der Waals surface area contributed by atoms with Crippen LogP contribution in [0.1, 0.15) is 20.3 Å². The predicted octanol–water partition coefficient (Wildman–Crippen LogP) is 4.04. The third kappa shape index (κ3) is 7.23. The van der Waals surface area contributed by atoms with Crippen molar-refractivity contribution in [3.05, 3.63) is 60.7 Å². The van der Waals surface area contributed by atoms with Crippen LogP contribution in [0.3, 0.4) is 0 Å². The molecule has 0 saturated carbocycles. The van der Waals surface area contributed by atoms with Crippen molar-refractivity contribution in [1.82, 2.24) is 0 Å². The quantitative estimate of drug-likeness (QED) is 0.585. The molecule has 27 heavy (non-hydrogen) atoms. The zero-order valence-electron chi connectivity index (χ0n) is 15.7. The van der Waals surface area contributed by atoms with Gasteiger partial charge in [-0.05, 0) is 42.8 Å². The highest BCUT2D eigenvalue weighted by molar-refractivity contribution is 5.95. The molecule has 142 valence electrons. The third-order valence-electron chi connectivity index (χ3n) is 3.52. The summed E-state index contributed by atoms with van der Waals surface area (Å²) in [4.78, 5) is 23.6. The smallest absolute Gasteiger partial charge is 0.243 e. The Morgan fingerprint density at radius 1 is 0.963 bits per heavy atom. The van der Waals surface area contributed by atoms with Crippen LogP contribution in [0.4, 0.5) is 17.1 Å². The number of carbonyl (C=O) groups excluding carboxylic acids is 2. The van der Waals surface area contributed by atoms with Gasteiger partial charge in [0.25, 0.3) is 0 Å². The van der Waals surface area contributed by atoms with Crippen molar-refractivity contribution in [2.24, 2.45) is 0 Å². The fourth-order valence-electron chi connectivity index (χ4n) is 2.21. The van der Waals surface area contributed by atoms with Gasteiger partial charge < -0.3 is 20.7 Å². The zero-order valence-corrected chi connectivity index (χ0v) is 15.7. The van der Waals surface area contributed by atoms with Gasteiger partial charge >= 0.3 is 0 Å². The van der Waals surface area contributed by atoms with Gasteiger partial charge in [-0.15, -0.1) is 0 Å². The van der Waals surface area contributed by atoms with E-state index in [1.54, 1.807) is 31.2 Å². The van der Waals surface area contributed by atoms with Crippen LogP contribution < -0.4 is 20.7 Å². The Balaban J connectivity index is 1.87. The summed E-state index contributed by atoms with van der Waals surface area (Å²) in [5.74, 6) is 0.443. The molecule has 0 unspecified atom stereocenters. The minimum absolute atomic E-state index is 0.0751. The Kier molecular flexibility index (Phi) is 7.43. The monoisotopic (exact) mass is 367 g/mol. The molecule has 2 rings (SSSR count). The summed E-state index contributed by atoms with van der Waals surface area (Å²) in [7, 11) is 0. The van der Waals surface area contributed by atoms with E-state index in [0.717, 1.165) is 11.3 Å². The summed E-state index contributed by atoms with van der Waals surface area (Å²) in [6, 6.07) is 14.4. The molecule has 0 aromatic heterocycles. The van der Waals surface area contributed by atoms with E-state index in [-0.39, 0.29) is 18.4 Å². The highest BCUT2D eigenvalue weighted by Gasteiger charge is 2.05. The molecule has 0 atom stereocenters. The molecule has 0 saturated heterocycles. The average Bonchev–Trinajstić information content (AvgIpc) is 2.65. The first-order valence-corrected chi connectivity index (χ1v) is 8.77. The first-order valence-electron chi connectivity index (χ1n) is 8.77. The summed E-state index contributed by atoms with van der Waals surface area (Å²) in [6.07, 6.45) is 0.398. The van der Waals surface area contributed by atoms with E-state index in [1.165, 1.54) is 0 Å². The molecule has 0 heterocycles. The van der Waals surface area contributed by atoms with E-state index >= 15 is 0 Å². The fourth-order valence-corrected chi connectivity index (χ4v) is 2.21. The van der Waals surface area contributed by atoms with Crippen LogP contribution in [-0.4, -0.2) is 25.0 Å². The molecule has 0 aliphatic heterocycles. The van der Waals surface area contributed by atoms with Crippen molar-refractivity contribution in [1.29, 1.82) is 0 Å². The molecule has 0 aliphatic rings. The van der Waals surface area contributed by atoms with Crippen LogP contribution in [-0.2, 0) is 9.59 Å². The number of nitrogens with one attached hydrogen (secondary N) is 3. The molecule has 0 radical (unpaired) electrons. The molecule has 6 nitrogen and oxygen atoms in total. The maximum atomic E-state index is 12.2. The lowest BCUT2D eigenvalue weighted by Crippen LogP contribution is -2.21. The molecule has 2 aromatic carbocycles. The van der Waals surface area contributed by atoms with Crippen molar-refractivity contribution in [3.63, 3.8) is 0 Å². The molecular weight excluding hydrogens is 342 g/mol. The number of hydrogen-bond acceptors (Lipinski definition) is 4. The largest absolute Gasteiger partial charge is 0.489 e. The Bertz CT molecular complexity index is 818. The van der Waals surface area contributed by atoms with Crippen molar-refractivity contribution in [3.8, 4) is 5.75 Å². The normalized spacial score (nSPS) is 10.0. The number of carbonyl (C=O) groups is 2. The average molecular weight is 367 g/mol. The van der Waals surface area contributed by atoms with E-state index in [1.807, 2.05) is 31.2 Å². The van der Waals surface area contributed by atoms with Crippen molar-refractivity contribution in [2.45, 2.75) is 20.3 Å². The number of ether oxygens (including phenoxy) is 1. The number of amides is 2. The van der Waals surface area contributed by atoms with Crippen LogP contribution in [0, 0.1) is 0 Å². The summed E-state index contributed by atoms with van der Waals surface area (Å²) >= 11 is 0. The minimum Gasteiger partial charge on any atom is -0.489 e. The van der Waals surface area contributed by atoms with Crippen LogP contribution in [0.2, 0.25) is 0 Å². The summed E-state index contributed by atoms with van der Waals surface area (Å²) < 4.78 is 5.59. The SMILES string of the molecule is C=C(C)COc1cccc(NCC(=O)Nc2cccc(NC(=O)CC)c2)c1. The van der Waals surface area contributed by atoms with E-state index in [0.29, 0.717) is 30.2 Å². The second-order valence-corrected chi connectivity index (χ2v) is 6.16. The lowest BCUT2D eigenvalue weighted by molar-refractivity contribution is -0.116. The Morgan fingerprint density at radius 3 is 2.26 bits per heavy atom. The molecule has 0 fully saturated rings. The summed E-state index contributed by atoms with van der Waals surface area (Å²) in [5.41, 5.74) is 2.99. The van der Waals surface area contributed by atoms with Crippen molar-refractivity contribution >= 4 is 28.9 Å². The van der Waals surface area contributed by atoms with Crippen LogP contribution >= 0.6 is 0 Å². The zero-order chi connectivity index (χ0) is 19.6. The number of anilines is 3. The van der Waals surface area contributed by atoms with Gasteiger partial charge in [0, 0.05) is 29.5 Å². The van der Waals surface area contributed by atoms with Gasteiger partial charge in [-0.3, -0.25) is 9.59 Å². The number of hydrogen-bond donors (Lipinski definition) is 3. The molecule has 3 N–H and O–H groups in total. The molecule has 6 heteroatoms. The van der Waals surface area contributed by atoms with Crippen LogP contribution in [0.5, 0.6) is 5.75 Å². The van der Waals surface area contributed by atoms with Crippen molar-refractivity contribution in [2.75, 3.05) is 29.1 Å². The van der Waals surface area contributed by atoms with Gasteiger partial charge in [-0.25, -0.2) is 0 Å². The van der Waals surface area contributed by atoms with E-state index in [4.69, 9.17) is 4.74 Å². The van der Waals surface area contributed by atoms with Gasteiger partial charge in [0.05, 0.1) is 6.54 Å². The number of benzene rings is 2. The maximum Gasteiger partial charge on any atom is 0.243 e. The topological polar surface area (TPSA) is 79.5 Å². The second-order valence-electron chi connectivity index (χ2n) is 6.16. The van der Waals surface area contributed by atoms with Gasteiger partial charge in [-0.1, -0.05) is 25.6 Å². The molecule has 2 aromatic rings. The van der Waals surface area contributed by atoms with E-state index < -0.39 is 0 Å². The van der Waals surface area contributed by atoms with Crippen molar-refractivity contribution < 1.29 is 14.3 Å². The fraction of sp³-hybridized carbons (Fsp3) is 0.238. The van der Waals surface area contributed by atoms with Gasteiger partial charge in [0.2, 0.25) is 11.8 Å². The highest BCUT2D eigenvalue weighted by atomic mass is 16.5. The molecular formula is C21H25N3O3. The lowest BCUT2D eigenvalue weighted by Gasteiger charge is -2.11. The molecule has 2 amide bonds. The second kappa shape index (κ2) is 10.0. The van der Waals surface area contributed by atoms with Gasteiger partial charge in [0.1, 0.15) is 12.4 Å². The summed E-state index contributed by atoms with van der Waals surface area (Å²) in [5, 5.41) is 8.63. The van der Waals surface area contributed by atoms with E-state index in [2.05, 4.69) is 22.5 Å². The standard InChI is InChI=1S/C21H25N3O3/c1-4-20(25)23-17-8-5-9-18(11-17)24-21(26)13-22-16-7-6-10-19(12-16)27-14-15(2)3/h5-12,22H,2,4,13-14H2,1,3H3,(H,23,25)(H,24,26). The maximum absolute atomic E-state index is 12.2. The Hall–Kier alpha value is -3.28. The van der Waals surface area contributed by atoms with Gasteiger partial charge in [-0.2, -0.15) is 0 Å². The third-order valence-corrected chi connectivity index (χ3v) is 3.52. The first-order chi connectivity index (χ1) is 13.0. The Morgan fingerprint density at radius 2 is 1.59 bits per heavy atom. The number of rotatable bonds is 9. The predicted molar refractivity (Wildman–Crippen MR) is 109 cm³/mol. The first kappa shape index (κ1) is 20.0. The summed E-state index contributed by atoms with van der Waals surface area (Å²) in [6.45, 7) is 8.04. The minimum atomic E-state index is -0.192. The van der Waals surface area contributed by atoms with Crippen LogP contribution in [0.15, 0.2) is 60.7 Å².